The molecule has 0 saturated carbocycles. The molecule has 0 N–H and O–H groups in total. The Balaban J connectivity index is 3.05. The Morgan fingerprint density at radius 1 is 0.958 bits per heavy atom. The lowest BCUT2D eigenvalue weighted by molar-refractivity contribution is 0.0476. The van der Waals surface area contributed by atoms with Gasteiger partial charge in [0.25, 0.3) is 0 Å². The number of hydrogen-bond acceptors (Lipinski definition) is 4. The third-order valence-corrected chi connectivity index (χ3v) is 7.87. The Labute approximate surface area is 148 Å². The highest BCUT2D eigenvalue weighted by molar-refractivity contribution is 6.62. The van der Waals surface area contributed by atoms with E-state index in [2.05, 4.69) is 25.8 Å². The van der Waals surface area contributed by atoms with Gasteiger partial charge in [0.1, 0.15) is 0 Å². The summed E-state index contributed by atoms with van der Waals surface area (Å²) in [5, 5.41) is 0. The maximum absolute atomic E-state index is 6.13. The molecule has 0 heterocycles. The molecular formula is C19H33NO3Si. The summed E-state index contributed by atoms with van der Waals surface area (Å²) in [6.07, 6.45) is 2.74. The summed E-state index contributed by atoms with van der Waals surface area (Å²) < 4.78 is 18.4. The number of benzene rings is 1. The standard InChI is InChI=1S/C19H33NO3Si/c1-7-21-24(22-8-2,23-9-3)18(19(4,5)6)15-16-20-17-13-11-10-12-14-17/h10-14,16,18H,7-9,15H2,1-6H3. The van der Waals surface area contributed by atoms with E-state index in [1.54, 1.807) is 0 Å². The predicted molar refractivity (Wildman–Crippen MR) is 103 cm³/mol. The first-order valence-corrected chi connectivity index (χ1v) is 10.7. The topological polar surface area (TPSA) is 40.0 Å². The van der Waals surface area contributed by atoms with Crippen LogP contribution in [0.25, 0.3) is 0 Å². The molecule has 0 aliphatic rings. The summed E-state index contributed by atoms with van der Waals surface area (Å²) in [6, 6.07) is 9.98. The molecule has 1 unspecified atom stereocenters. The molecule has 1 aromatic rings. The first-order chi connectivity index (χ1) is 11.4. The molecule has 0 spiro atoms. The Morgan fingerprint density at radius 3 is 1.88 bits per heavy atom. The second-order valence-electron chi connectivity index (χ2n) is 6.70. The first kappa shape index (κ1) is 21.0. The van der Waals surface area contributed by atoms with Crippen molar-refractivity contribution in [3.05, 3.63) is 30.3 Å². The van der Waals surface area contributed by atoms with E-state index < -0.39 is 8.80 Å². The molecule has 4 nitrogen and oxygen atoms in total. The minimum atomic E-state index is -2.79. The molecule has 0 aliphatic carbocycles. The van der Waals surface area contributed by atoms with Crippen molar-refractivity contribution < 1.29 is 13.3 Å². The van der Waals surface area contributed by atoms with Crippen LogP contribution in [0, 0.1) is 5.41 Å². The van der Waals surface area contributed by atoms with Gasteiger partial charge >= 0.3 is 8.80 Å². The van der Waals surface area contributed by atoms with Gasteiger partial charge in [-0.05, 0) is 44.7 Å². The first-order valence-electron chi connectivity index (χ1n) is 8.89. The van der Waals surface area contributed by atoms with E-state index in [1.165, 1.54) is 0 Å². The molecule has 0 aromatic heterocycles. The Hall–Kier alpha value is -1.01. The van der Waals surface area contributed by atoms with Gasteiger partial charge in [0, 0.05) is 31.6 Å². The maximum Gasteiger partial charge on any atom is 0.505 e. The summed E-state index contributed by atoms with van der Waals surface area (Å²) in [6.45, 7) is 14.4. The molecule has 1 aromatic carbocycles. The lowest BCUT2D eigenvalue weighted by atomic mass is 9.90. The van der Waals surface area contributed by atoms with E-state index in [0.717, 1.165) is 12.1 Å². The molecule has 24 heavy (non-hydrogen) atoms. The highest BCUT2D eigenvalue weighted by atomic mass is 28.4. The van der Waals surface area contributed by atoms with Gasteiger partial charge in [-0.1, -0.05) is 39.0 Å². The van der Waals surface area contributed by atoms with E-state index in [0.29, 0.717) is 19.8 Å². The SMILES string of the molecule is CCO[Si](OCC)(OCC)C(CC=Nc1ccccc1)C(C)(C)C. The van der Waals surface area contributed by atoms with Crippen LogP contribution in [-0.4, -0.2) is 34.8 Å². The molecule has 136 valence electrons. The van der Waals surface area contributed by atoms with E-state index in [-0.39, 0.29) is 11.0 Å². The zero-order valence-corrected chi connectivity index (χ0v) is 17.0. The van der Waals surface area contributed by atoms with Crippen molar-refractivity contribution in [1.29, 1.82) is 0 Å². The van der Waals surface area contributed by atoms with Crippen LogP contribution in [0.4, 0.5) is 5.69 Å². The monoisotopic (exact) mass is 351 g/mol. The van der Waals surface area contributed by atoms with Gasteiger partial charge < -0.3 is 13.3 Å². The Bertz CT molecular complexity index is 468. The summed E-state index contributed by atoms with van der Waals surface area (Å²) in [5.74, 6) is 0. The van der Waals surface area contributed by atoms with Crippen LogP contribution in [-0.2, 0) is 13.3 Å². The van der Waals surface area contributed by atoms with Crippen LogP contribution in [0.1, 0.15) is 48.0 Å². The zero-order chi connectivity index (χ0) is 18.1. The van der Waals surface area contributed by atoms with Crippen molar-refractivity contribution in [3.63, 3.8) is 0 Å². The van der Waals surface area contributed by atoms with Gasteiger partial charge in [-0.3, -0.25) is 4.99 Å². The molecule has 0 aliphatic heterocycles. The third-order valence-electron chi connectivity index (χ3n) is 3.85. The zero-order valence-electron chi connectivity index (χ0n) is 16.0. The fraction of sp³-hybridized carbons (Fsp3) is 0.632. The molecule has 0 bridgehead atoms. The van der Waals surface area contributed by atoms with E-state index in [1.807, 2.05) is 57.3 Å². The van der Waals surface area contributed by atoms with Gasteiger partial charge in [-0.2, -0.15) is 0 Å². The molecule has 0 fully saturated rings. The second kappa shape index (κ2) is 10.1. The summed E-state index contributed by atoms with van der Waals surface area (Å²) >= 11 is 0. The molecule has 0 saturated heterocycles. The van der Waals surface area contributed by atoms with Crippen molar-refractivity contribution in [2.75, 3.05) is 19.8 Å². The average molecular weight is 352 g/mol. The average Bonchev–Trinajstić information content (AvgIpc) is 2.52. The number of hydrogen-bond donors (Lipinski definition) is 0. The number of rotatable bonds is 10. The van der Waals surface area contributed by atoms with Crippen LogP contribution >= 0.6 is 0 Å². The minimum Gasteiger partial charge on any atom is -0.374 e. The van der Waals surface area contributed by atoms with Crippen molar-refractivity contribution in [2.24, 2.45) is 10.4 Å². The summed E-state index contributed by atoms with van der Waals surface area (Å²) in [7, 11) is -2.79. The Morgan fingerprint density at radius 2 is 1.46 bits per heavy atom. The number of nitrogens with zero attached hydrogens (tertiary/aromatic N) is 1. The van der Waals surface area contributed by atoms with E-state index in [4.69, 9.17) is 13.3 Å². The molecule has 5 heteroatoms. The second-order valence-corrected chi connectivity index (χ2v) is 9.47. The quantitative estimate of drug-likeness (QED) is 0.427. The van der Waals surface area contributed by atoms with E-state index >= 15 is 0 Å². The predicted octanol–water partition coefficient (Wildman–Crippen LogP) is 5.24. The third kappa shape index (κ3) is 6.13. The maximum atomic E-state index is 6.13. The summed E-state index contributed by atoms with van der Waals surface area (Å²) in [4.78, 5) is 4.58. The van der Waals surface area contributed by atoms with Crippen LogP contribution in [0.2, 0.25) is 5.54 Å². The van der Waals surface area contributed by atoms with Gasteiger partial charge in [-0.15, -0.1) is 0 Å². The molecule has 0 radical (unpaired) electrons. The smallest absolute Gasteiger partial charge is 0.374 e. The highest BCUT2D eigenvalue weighted by Crippen LogP contribution is 2.43. The van der Waals surface area contributed by atoms with Gasteiger partial charge in [0.15, 0.2) is 0 Å². The van der Waals surface area contributed by atoms with Crippen LogP contribution in [0.15, 0.2) is 35.3 Å². The van der Waals surface area contributed by atoms with Crippen LogP contribution in [0.5, 0.6) is 0 Å². The van der Waals surface area contributed by atoms with Gasteiger partial charge in [0.2, 0.25) is 0 Å². The largest absolute Gasteiger partial charge is 0.505 e. The van der Waals surface area contributed by atoms with Crippen LogP contribution in [0.3, 0.4) is 0 Å². The number of aliphatic imine (C=N–C) groups is 1. The summed E-state index contributed by atoms with van der Waals surface area (Å²) in [5.41, 5.74) is 1.10. The van der Waals surface area contributed by atoms with Gasteiger partial charge in [0.05, 0.1) is 5.69 Å². The van der Waals surface area contributed by atoms with Gasteiger partial charge in [-0.25, -0.2) is 0 Å². The molecule has 0 amide bonds. The molecular weight excluding hydrogens is 318 g/mol. The lowest BCUT2D eigenvalue weighted by Crippen LogP contribution is -2.54. The van der Waals surface area contributed by atoms with Crippen molar-refractivity contribution in [3.8, 4) is 0 Å². The van der Waals surface area contributed by atoms with Crippen molar-refractivity contribution in [2.45, 2.75) is 53.5 Å². The lowest BCUT2D eigenvalue weighted by Gasteiger charge is -2.41. The number of para-hydroxylation sites is 1. The minimum absolute atomic E-state index is 0.00552. The fourth-order valence-electron chi connectivity index (χ4n) is 2.84. The molecule has 1 atom stereocenters. The fourth-order valence-corrected chi connectivity index (χ4v) is 6.35. The van der Waals surface area contributed by atoms with E-state index in [9.17, 15) is 0 Å². The normalized spacial score (nSPS) is 14.2. The molecule has 1 rings (SSSR count). The van der Waals surface area contributed by atoms with Crippen LogP contribution < -0.4 is 0 Å². The van der Waals surface area contributed by atoms with Crippen molar-refractivity contribution >= 4 is 20.7 Å². The Kier molecular flexibility index (Phi) is 8.84. The highest BCUT2D eigenvalue weighted by Gasteiger charge is 2.53. The van der Waals surface area contributed by atoms with Crippen molar-refractivity contribution in [1.82, 2.24) is 0 Å².